The predicted molar refractivity (Wildman–Crippen MR) is 69.3 cm³/mol. The van der Waals surface area contributed by atoms with Crippen LogP contribution in [0.1, 0.15) is 19.4 Å². The Morgan fingerprint density at radius 3 is 2.41 bits per heavy atom. The van der Waals surface area contributed by atoms with Crippen LogP contribution in [0.4, 0.5) is 0 Å². The van der Waals surface area contributed by atoms with Crippen LogP contribution in [0.25, 0.3) is 0 Å². The van der Waals surface area contributed by atoms with Crippen LogP contribution in [-0.4, -0.2) is 33.9 Å². The van der Waals surface area contributed by atoms with E-state index in [1.165, 1.54) is 0 Å². The van der Waals surface area contributed by atoms with Gasteiger partial charge in [-0.25, -0.2) is 0 Å². The van der Waals surface area contributed by atoms with Crippen LogP contribution >= 0.6 is 11.6 Å². The highest BCUT2D eigenvalue weighted by molar-refractivity contribution is 6.29. The van der Waals surface area contributed by atoms with Gasteiger partial charge >= 0.3 is 5.97 Å². The molecule has 1 rings (SSSR count). The Bertz CT molecular complexity index is 354. The van der Waals surface area contributed by atoms with Crippen molar-refractivity contribution < 1.29 is 9.90 Å². The second-order valence-corrected chi connectivity index (χ2v) is 4.84. The second-order valence-electron chi connectivity index (χ2n) is 4.31. The molecule has 0 saturated carbocycles. The van der Waals surface area contributed by atoms with E-state index in [1.54, 1.807) is 0 Å². The molecule has 0 aliphatic heterocycles. The third-order valence-corrected chi connectivity index (χ3v) is 2.95. The van der Waals surface area contributed by atoms with Crippen LogP contribution < -0.4 is 0 Å². The van der Waals surface area contributed by atoms with Crippen molar-refractivity contribution in [2.75, 3.05) is 6.54 Å². The van der Waals surface area contributed by atoms with Gasteiger partial charge in [-0.1, -0.05) is 30.3 Å². The van der Waals surface area contributed by atoms with E-state index in [-0.39, 0.29) is 6.04 Å². The number of hydrogen-bond acceptors (Lipinski definition) is 2. The minimum Gasteiger partial charge on any atom is -0.480 e. The lowest BCUT2D eigenvalue weighted by molar-refractivity contribution is -0.137. The molecule has 1 unspecified atom stereocenters. The molecule has 0 aliphatic rings. The highest BCUT2D eigenvalue weighted by Crippen LogP contribution is 2.11. The van der Waals surface area contributed by atoms with Gasteiger partial charge in [0.15, 0.2) is 0 Å². The molecular weight excluding hydrogens is 238 g/mol. The van der Waals surface area contributed by atoms with Crippen molar-refractivity contribution in [3.05, 3.63) is 35.9 Å². The summed E-state index contributed by atoms with van der Waals surface area (Å²) in [5.41, 5.74) is 1.16. The van der Waals surface area contributed by atoms with Gasteiger partial charge < -0.3 is 5.11 Å². The average molecular weight is 256 g/mol. The van der Waals surface area contributed by atoms with Gasteiger partial charge in [0.1, 0.15) is 5.38 Å². The molecule has 0 heterocycles. The third-order valence-electron chi connectivity index (χ3n) is 2.62. The second kappa shape index (κ2) is 6.62. The van der Waals surface area contributed by atoms with Gasteiger partial charge in [0.05, 0.1) is 0 Å². The van der Waals surface area contributed by atoms with Crippen LogP contribution in [0.5, 0.6) is 0 Å². The molecule has 1 aromatic rings. The largest absolute Gasteiger partial charge is 0.480 e. The number of rotatable bonds is 6. The topological polar surface area (TPSA) is 40.5 Å². The Morgan fingerprint density at radius 1 is 1.35 bits per heavy atom. The molecule has 1 N–H and O–H groups in total. The van der Waals surface area contributed by atoms with Gasteiger partial charge in [0.25, 0.3) is 0 Å². The zero-order valence-electron chi connectivity index (χ0n) is 10.1. The maximum absolute atomic E-state index is 10.8. The Hall–Kier alpha value is -1.06. The first-order valence-electron chi connectivity index (χ1n) is 5.65. The average Bonchev–Trinajstić information content (AvgIpc) is 2.29. The quantitative estimate of drug-likeness (QED) is 0.795. The van der Waals surface area contributed by atoms with E-state index in [9.17, 15) is 4.79 Å². The summed E-state index contributed by atoms with van der Waals surface area (Å²) < 4.78 is 0. The lowest BCUT2D eigenvalue weighted by Gasteiger charge is -2.27. The molecule has 0 spiro atoms. The van der Waals surface area contributed by atoms with Crippen LogP contribution in [0.15, 0.2) is 30.3 Å². The number of nitrogens with zero attached hydrogens (tertiary/aromatic N) is 1. The molecule has 4 heteroatoms. The first-order chi connectivity index (χ1) is 8.00. The summed E-state index contributed by atoms with van der Waals surface area (Å²) in [6, 6.07) is 10.2. The Kier molecular flexibility index (Phi) is 5.45. The summed E-state index contributed by atoms with van der Waals surface area (Å²) >= 11 is 5.78. The smallest absolute Gasteiger partial charge is 0.322 e. The molecule has 1 atom stereocenters. The summed E-state index contributed by atoms with van der Waals surface area (Å²) in [6.07, 6.45) is 0. The van der Waals surface area contributed by atoms with Gasteiger partial charge in [0, 0.05) is 19.1 Å². The van der Waals surface area contributed by atoms with Crippen molar-refractivity contribution in [2.24, 2.45) is 0 Å². The van der Waals surface area contributed by atoms with E-state index < -0.39 is 11.3 Å². The first-order valence-corrected chi connectivity index (χ1v) is 6.09. The predicted octanol–water partition coefficient (Wildman–Crippen LogP) is 2.59. The molecule has 0 aliphatic carbocycles. The number of carboxylic acid groups (broad SMARTS) is 1. The highest BCUT2D eigenvalue weighted by atomic mass is 35.5. The van der Waals surface area contributed by atoms with Crippen LogP contribution in [-0.2, 0) is 11.3 Å². The van der Waals surface area contributed by atoms with Crippen LogP contribution in [0.2, 0.25) is 0 Å². The number of benzene rings is 1. The monoisotopic (exact) mass is 255 g/mol. The number of hydrogen-bond donors (Lipinski definition) is 1. The molecule has 0 saturated heterocycles. The zero-order valence-corrected chi connectivity index (χ0v) is 10.9. The molecule has 0 bridgehead atoms. The fourth-order valence-corrected chi connectivity index (χ4v) is 1.74. The fraction of sp³-hybridized carbons (Fsp3) is 0.462. The van der Waals surface area contributed by atoms with Crippen molar-refractivity contribution in [1.29, 1.82) is 0 Å². The highest BCUT2D eigenvalue weighted by Gasteiger charge is 2.20. The fourth-order valence-electron chi connectivity index (χ4n) is 1.56. The van der Waals surface area contributed by atoms with E-state index in [2.05, 4.69) is 4.90 Å². The van der Waals surface area contributed by atoms with Crippen molar-refractivity contribution in [1.82, 2.24) is 4.90 Å². The van der Waals surface area contributed by atoms with E-state index in [0.717, 1.165) is 12.1 Å². The molecule has 0 fully saturated rings. The molecule has 3 nitrogen and oxygen atoms in total. The number of halogens is 1. The SMILES string of the molecule is CC(C)N(Cc1ccccc1)CC(Cl)C(=O)O. The minimum absolute atomic E-state index is 0.260. The summed E-state index contributed by atoms with van der Waals surface area (Å²) in [5.74, 6) is -0.967. The molecule has 17 heavy (non-hydrogen) atoms. The molecule has 1 aromatic carbocycles. The summed E-state index contributed by atoms with van der Waals surface area (Å²) in [7, 11) is 0. The van der Waals surface area contributed by atoms with Crippen LogP contribution in [0, 0.1) is 0 Å². The van der Waals surface area contributed by atoms with Gasteiger partial charge in [0.2, 0.25) is 0 Å². The summed E-state index contributed by atoms with van der Waals surface area (Å²) in [4.78, 5) is 12.8. The number of aliphatic carboxylic acids is 1. The Balaban J connectivity index is 2.64. The van der Waals surface area contributed by atoms with E-state index in [1.807, 2.05) is 44.2 Å². The zero-order chi connectivity index (χ0) is 12.8. The Labute approximate surface area is 107 Å². The lowest BCUT2D eigenvalue weighted by Crippen LogP contribution is -2.38. The van der Waals surface area contributed by atoms with Crippen molar-refractivity contribution in [3.8, 4) is 0 Å². The maximum Gasteiger partial charge on any atom is 0.322 e. The van der Waals surface area contributed by atoms with E-state index in [0.29, 0.717) is 6.54 Å². The maximum atomic E-state index is 10.8. The molecule has 94 valence electrons. The Morgan fingerprint density at radius 2 is 1.94 bits per heavy atom. The molecule has 0 amide bonds. The third kappa shape index (κ3) is 4.75. The van der Waals surface area contributed by atoms with E-state index in [4.69, 9.17) is 16.7 Å². The minimum atomic E-state index is -0.967. The molecular formula is C13H18ClNO2. The summed E-state index contributed by atoms with van der Waals surface area (Å²) in [6.45, 7) is 5.14. The van der Waals surface area contributed by atoms with Gasteiger partial charge in [-0.05, 0) is 19.4 Å². The number of alkyl halides is 1. The van der Waals surface area contributed by atoms with Crippen molar-refractivity contribution in [3.63, 3.8) is 0 Å². The summed E-state index contributed by atoms with van der Waals surface area (Å²) in [5, 5.41) is 7.96. The molecule has 0 radical (unpaired) electrons. The number of carboxylic acids is 1. The van der Waals surface area contributed by atoms with Gasteiger partial charge in [-0.15, -0.1) is 11.6 Å². The van der Waals surface area contributed by atoms with Gasteiger partial charge in [-0.3, -0.25) is 9.69 Å². The number of carbonyl (C=O) groups is 1. The van der Waals surface area contributed by atoms with Gasteiger partial charge in [-0.2, -0.15) is 0 Å². The van der Waals surface area contributed by atoms with Crippen molar-refractivity contribution >= 4 is 17.6 Å². The van der Waals surface area contributed by atoms with E-state index >= 15 is 0 Å². The molecule has 0 aromatic heterocycles. The van der Waals surface area contributed by atoms with Crippen LogP contribution in [0.3, 0.4) is 0 Å². The first kappa shape index (κ1) is 14.0. The standard InChI is InChI=1S/C13H18ClNO2/c1-10(2)15(9-12(14)13(16)17)8-11-6-4-3-5-7-11/h3-7,10,12H,8-9H2,1-2H3,(H,16,17). The normalized spacial score (nSPS) is 13.0. The van der Waals surface area contributed by atoms with Crippen molar-refractivity contribution in [2.45, 2.75) is 31.8 Å². The lowest BCUT2D eigenvalue weighted by atomic mass is 10.2.